The Morgan fingerprint density at radius 2 is 1.39 bits per heavy atom. The number of carbonyl (C=O) groups excluding carboxylic acids is 2. The highest BCUT2D eigenvalue weighted by Gasteiger charge is 2.13. The molecule has 0 aliphatic heterocycles. The molecule has 1 amide bonds. The standard InChI is InChI=1S/C24H23NO3/c1-25(17-18-7-13-22(26)14-8-18)24(28)16-15-23(27)21-11-9-20(10-12-21)19-5-3-2-4-6-19/h2-14,26H,15-17H2,1H3. The van der Waals surface area contributed by atoms with Gasteiger partial charge in [-0.3, -0.25) is 9.59 Å². The minimum Gasteiger partial charge on any atom is -0.508 e. The number of benzene rings is 3. The number of nitrogens with zero attached hydrogens (tertiary/aromatic N) is 1. The van der Waals surface area contributed by atoms with Crippen LogP contribution in [0.2, 0.25) is 0 Å². The monoisotopic (exact) mass is 373 g/mol. The quantitative estimate of drug-likeness (QED) is 0.612. The van der Waals surface area contributed by atoms with Crippen molar-refractivity contribution in [1.29, 1.82) is 0 Å². The lowest BCUT2D eigenvalue weighted by Gasteiger charge is -2.17. The van der Waals surface area contributed by atoms with E-state index in [9.17, 15) is 14.7 Å². The molecule has 0 heterocycles. The molecule has 0 saturated heterocycles. The Morgan fingerprint density at radius 3 is 2.04 bits per heavy atom. The summed E-state index contributed by atoms with van der Waals surface area (Å²) in [4.78, 5) is 26.3. The van der Waals surface area contributed by atoms with Crippen LogP contribution in [0.4, 0.5) is 0 Å². The summed E-state index contributed by atoms with van der Waals surface area (Å²) >= 11 is 0. The molecule has 0 bridgehead atoms. The first-order chi connectivity index (χ1) is 13.5. The molecule has 0 saturated carbocycles. The van der Waals surface area contributed by atoms with E-state index in [1.807, 2.05) is 54.6 Å². The van der Waals surface area contributed by atoms with Gasteiger partial charge in [0, 0.05) is 32.0 Å². The average molecular weight is 373 g/mol. The van der Waals surface area contributed by atoms with Crippen molar-refractivity contribution in [3.05, 3.63) is 90.0 Å². The van der Waals surface area contributed by atoms with Gasteiger partial charge in [0.1, 0.15) is 5.75 Å². The van der Waals surface area contributed by atoms with Gasteiger partial charge in [0.2, 0.25) is 5.91 Å². The van der Waals surface area contributed by atoms with Crippen LogP contribution in [0.15, 0.2) is 78.9 Å². The lowest BCUT2D eigenvalue weighted by atomic mass is 10.0. The molecule has 142 valence electrons. The minimum atomic E-state index is -0.0812. The van der Waals surface area contributed by atoms with E-state index in [1.165, 1.54) is 0 Å². The number of Topliss-reactive ketones (excluding diaryl/α,β-unsaturated/α-hetero) is 1. The molecule has 0 atom stereocenters. The van der Waals surface area contributed by atoms with Crippen LogP contribution >= 0.6 is 0 Å². The zero-order valence-electron chi connectivity index (χ0n) is 15.8. The lowest BCUT2D eigenvalue weighted by Crippen LogP contribution is -2.26. The largest absolute Gasteiger partial charge is 0.508 e. The Kier molecular flexibility index (Phi) is 6.22. The second-order valence-corrected chi connectivity index (χ2v) is 6.78. The van der Waals surface area contributed by atoms with Gasteiger partial charge in [0.25, 0.3) is 0 Å². The third kappa shape index (κ3) is 5.07. The summed E-state index contributed by atoms with van der Waals surface area (Å²) in [6.07, 6.45) is 0.358. The van der Waals surface area contributed by atoms with Crippen LogP contribution in [0, 0.1) is 0 Å². The Hall–Kier alpha value is -3.40. The second-order valence-electron chi connectivity index (χ2n) is 6.78. The fraction of sp³-hybridized carbons (Fsp3) is 0.167. The highest BCUT2D eigenvalue weighted by Crippen LogP contribution is 2.20. The number of ketones is 1. The van der Waals surface area contributed by atoms with E-state index in [-0.39, 0.29) is 30.3 Å². The van der Waals surface area contributed by atoms with Crippen molar-refractivity contribution in [3.8, 4) is 16.9 Å². The summed E-state index contributed by atoms with van der Waals surface area (Å²) in [6.45, 7) is 0.444. The van der Waals surface area contributed by atoms with Crippen molar-refractivity contribution < 1.29 is 14.7 Å². The average Bonchev–Trinajstić information content (AvgIpc) is 2.74. The van der Waals surface area contributed by atoms with Crippen molar-refractivity contribution in [2.75, 3.05) is 7.05 Å². The fourth-order valence-electron chi connectivity index (χ4n) is 3.00. The highest BCUT2D eigenvalue weighted by molar-refractivity contribution is 5.98. The van der Waals surface area contributed by atoms with Gasteiger partial charge in [-0.1, -0.05) is 66.7 Å². The Balaban J connectivity index is 1.53. The summed E-state index contributed by atoms with van der Waals surface area (Å²) in [5.74, 6) is 0.0786. The Labute approximate surface area is 165 Å². The summed E-state index contributed by atoms with van der Waals surface area (Å²) in [7, 11) is 1.72. The molecule has 0 radical (unpaired) electrons. The first-order valence-electron chi connectivity index (χ1n) is 9.23. The maximum atomic E-state index is 12.4. The van der Waals surface area contributed by atoms with Crippen LogP contribution in [0.25, 0.3) is 11.1 Å². The van der Waals surface area contributed by atoms with Crippen molar-refractivity contribution >= 4 is 11.7 Å². The zero-order valence-corrected chi connectivity index (χ0v) is 15.8. The van der Waals surface area contributed by atoms with Gasteiger partial charge in [-0.15, -0.1) is 0 Å². The van der Waals surface area contributed by atoms with Gasteiger partial charge in [0.15, 0.2) is 5.78 Å². The summed E-state index contributed by atoms with van der Waals surface area (Å²) in [5, 5.41) is 9.32. The molecule has 3 aromatic rings. The molecular formula is C24H23NO3. The van der Waals surface area contributed by atoms with Gasteiger partial charge in [-0.25, -0.2) is 0 Å². The van der Waals surface area contributed by atoms with Gasteiger partial charge in [-0.2, -0.15) is 0 Å². The van der Waals surface area contributed by atoms with E-state index in [0.717, 1.165) is 16.7 Å². The molecule has 0 fully saturated rings. The molecule has 1 N–H and O–H groups in total. The van der Waals surface area contributed by atoms with Crippen LogP contribution in [0.1, 0.15) is 28.8 Å². The van der Waals surface area contributed by atoms with E-state index in [0.29, 0.717) is 12.1 Å². The molecule has 0 spiro atoms. The van der Waals surface area contributed by atoms with Crippen LogP contribution in [0.3, 0.4) is 0 Å². The zero-order chi connectivity index (χ0) is 19.9. The van der Waals surface area contributed by atoms with Crippen molar-refractivity contribution in [2.45, 2.75) is 19.4 Å². The molecule has 0 aliphatic carbocycles. The van der Waals surface area contributed by atoms with E-state index in [2.05, 4.69) is 0 Å². The number of amides is 1. The van der Waals surface area contributed by atoms with Gasteiger partial charge in [0.05, 0.1) is 0 Å². The third-order valence-corrected chi connectivity index (χ3v) is 4.66. The molecule has 28 heavy (non-hydrogen) atoms. The predicted molar refractivity (Wildman–Crippen MR) is 110 cm³/mol. The van der Waals surface area contributed by atoms with Crippen LogP contribution in [-0.4, -0.2) is 28.7 Å². The van der Waals surface area contributed by atoms with E-state index >= 15 is 0 Å². The number of phenolic OH excluding ortho intramolecular Hbond substituents is 1. The maximum absolute atomic E-state index is 12.4. The Morgan fingerprint density at radius 1 is 0.786 bits per heavy atom. The topological polar surface area (TPSA) is 57.6 Å². The highest BCUT2D eigenvalue weighted by atomic mass is 16.3. The van der Waals surface area contributed by atoms with Gasteiger partial charge in [-0.05, 0) is 28.8 Å². The fourth-order valence-corrected chi connectivity index (χ4v) is 3.00. The lowest BCUT2D eigenvalue weighted by molar-refractivity contribution is -0.130. The normalized spacial score (nSPS) is 10.5. The third-order valence-electron chi connectivity index (χ3n) is 4.66. The smallest absolute Gasteiger partial charge is 0.223 e. The minimum absolute atomic E-state index is 0.0361. The van der Waals surface area contributed by atoms with E-state index in [4.69, 9.17) is 0 Å². The van der Waals surface area contributed by atoms with Crippen molar-refractivity contribution in [3.63, 3.8) is 0 Å². The van der Waals surface area contributed by atoms with Crippen molar-refractivity contribution in [2.24, 2.45) is 0 Å². The predicted octanol–water partition coefficient (Wildman–Crippen LogP) is 4.68. The van der Waals surface area contributed by atoms with Gasteiger partial charge >= 0.3 is 0 Å². The van der Waals surface area contributed by atoms with Gasteiger partial charge < -0.3 is 10.0 Å². The number of rotatable bonds is 7. The second kappa shape index (κ2) is 9.00. The summed E-state index contributed by atoms with van der Waals surface area (Å²) < 4.78 is 0. The SMILES string of the molecule is CN(Cc1ccc(O)cc1)C(=O)CCC(=O)c1ccc(-c2ccccc2)cc1. The number of aromatic hydroxyl groups is 1. The van der Waals surface area contributed by atoms with E-state index in [1.54, 1.807) is 36.2 Å². The molecule has 4 heteroatoms. The van der Waals surface area contributed by atoms with E-state index < -0.39 is 0 Å². The molecule has 4 nitrogen and oxygen atoms in total. The molecule has 0 unspecified atom stereocenters. The number of phenols is 1. The number of carbonyl (C=O) groups is 2. The van der Waals surface area contributed by atoms with Crippen LogP contribution in [0.5, 0.6) is 5.75 Å². The molecular weight excluding hydrogens is 350 g/mol. The first-order valence-corrected chi connectivity index (χ1v) is 9.23. The molecule has 3 rings (SSSR count). The first kappa shape index (κ1) is 19.4. The summed E-state index contributed by atoms with van der Waals surface area (Å²) in [5.41, 5.74) is 3.71. The molecule has 0 aliphatic rings. The van der Waals surface area contributed by atoms with Crippen LogP contribution in [-0.2, 0) is 11.3 Å². The van der Waals surface area contributed by atoms with Crippen molar-refractivity contribution in [1.82, 2.24) is 4.90 Å². The number of hydrogen-bond donors (Lipinski definition) is 1. The van der Waals surface area contributed by atoms with Crippen LogP contribution < -0.4 is 0 Å². The molecule has 3 aromatic carbocycles. The maximum Gasteiger partial charge on any atom is 0.223 e. The summed E-state index contributed by atoms with van der Waals surface area (Å²) in [6, 6.07) is 24.2. The number of hydrogen-bond acceptors (Lipinski definition) is 3. The molecule has 0 aromatic heterocycles. The Bertz CT molecular complexity index is 932.